The number of nitrogens with one attached hydrogen (secondary N) is 1. The van der Waals surface area contributed by atoms with Crippen molar-refractivity contribution in [3.05, 3.63) is 35.4 Å². The van der Waals surface area contributed by atoms with E-state index in [9.17, 15) is 4.79 Å². The summed E-state index contributed by atoms with van der Waals surface area (Å²) in [6.07, 6.45) is 0. The Balaban J connectivity index is 2.77. The molecule has 2 N–H and O–H groups in total. The molecule has 17 heavy (non-hydrogen) atoms. The van der Waals surface area contributed by atoms with Crippen LogP contribution in [0.15, 0.2) is 24.3 Å². The fourth-order valence-corrected chi connectivity index (χ4v) is 1.26. The Morgan fingerprint density at radius 3 is 2.35 bits per heavy atom. The molecule has 0 heterocycles. The summed E-state index contributed by atoms with van der Waals surface area (Å²) in [5, 5.41) is 11.4. The van der Waals surface area contributed by atoms with Gasteiger partial charge >= 0.3 is 0 Å². The van der Waals surface area contributed by atoms with Crippen LogP contribution in [0.2, 0.25) is 0 Å². The lowest BCUT2D eigenvalue weighted by Crippen LogP contribution is -2.40. The quantitative estimate of drug-likeness (QED) is 0.721. The third kappa shape index (κ3) is 4.71. The molecule has 0 aliphatic rings. The van der Waals surface area contributed by atoms with Gasteiger partial charge in [0.1, 0.15) is 6.61 Å². The van der Waals surface area contributed by atoms with Crippen LogP contribution in [0, 0.1) is 11.8 Å². The Kier molecular flexibility index (Phi) is 4.30. The first-order chi connectivity index (χ1) is 7.92. The summed E-state index contributed by atoms with van der Waals surface area (Å²) in [6, 6.07) is 6.98. The molecule has 1 amide bonds. The Morgan fingerprint density at radius 2 is 1.88 bits per heavy atom. The van der Waals surface area contributed by atoms with E-state index in [0.29, 0.717) is 5.56 Å². The van der Waals surface area contributed by atoms with Crippen LogP contribution in [-0.4, -0.2) is 23.2 Å². The number of carbonyl (C=O) groups excluding carboxylic acids is 1. The van der Waals surface area contributed by atoms with E-state index in [2.05, 4.69) is 17.2 Å². The Morgan fingerprint density at radius 1 is 1.29 bits per heavy atom. The van der Waals surface area contributed by atoms with Crippen molar-refractivity contribution in [2.75, 3.05) is 6.61 Å². The summed E-state index contributed by atoms with van der Waals surface area (Å²) in [4.78, 5) is 11.8. The van der Waals surface area contributed by atoms with E-state index in [1.807, 2.05) is 20.8 Å². The number of rotatable bonds is 1. The zero-order valence-electron chi connectivity index (χ0n) is 10.4. The molecular weight excluding hydrogens is 214 g/mol. The number of aliphatic hydroxyl groups excluding tert-OH is 1. The molecule has 0 unspecified atom stereocenters. The van der Waals surface area contributed by atoms with Crippen molar-refractivity contribution in [3.63, 3.8) is 0 Å². The van der Waals surface area contributed by atoms with Crippen LogP contribution >= 0.6 is 0 Å². The lowest BCUT2D eigenvalue weighted by Gasteiger charge is -2.20. The third-order valence-corrected chi connectivity index (χ3v) is 1.95. The van der Waals surface area contributed by atoms with Gasteiger partial charge < -0.3 is 10.4 Å². The fraction of sp³-hybridized carbons (Fsp3) is 0.357. The molecule has 0 aliphatic carbocycles. The molecule has 0 fully saturated rings. The van der Waals surface area contributed by atoms with Gasteiger partial charge in [0.05, 0.1) is 0 Å². The summed E-state index contributed by atoms with van der Waals surface area (Å²) in [5.41, 5.74) is 1.15. The number of hydrogen-bond acceptors (Lipinski definition) is 2. The summed E-state index contributed by atoms with van der Waals surface area (Å²) >= 11 is 0. The Hall–Kier alpha value is -1.79. The highest BCUT2D eigenvalue weighted by Crippen LogP contribution is 2.06. The molecule has 0 saturated carbocycles. The van der Waals surface area contributed by atoms with E-state index < -0.39 is 0 Å². The average Bonchev–Trinajstić information content (AvgIpc) is 2.24. The predicted molar refractivity (Wildman–Crippen MR) is 67.6 cm³/mol. The molecule has 0 saturated heterocycles. The van der Waals surface area contributed by atoms with Crippen LogP contribution < -0.4 is 5.32 Å². The molecule has 0 aliphatic heterocycles. The fourth-order valence-electron chi connectivity index (χ4n) is 1.26. The van der Waals surface area contributed by atoms with Gasteiger partial charge in [0.15, 0.2) is 0 Å². The second-order valence-electron chi connectivity index (χ2n) is 4.74. The minimum atomic E-state index is -0.244. The van der Waals surface area contributed by atoms with Gasteiger partial charge in [-0.25, -0.2) is 0 Å². The molecule has 0 atom stereocenters. The zero-order valence-corrected chi connectivity index (χ0v) is 10.4. The first-order valence-electron chi connectivity index (χ1n) is 5.45. The van der Waals surface area contributed by atoms with Crippen molar-refractivity contribution in [2.24, 2.45) is 0 Å². The number of benzene rings is 1. The standard InChI is InChI=1S/C14H17NO2/c1-14(2,3)15-13(17)12-8-6-11(7-9-12)5-4-10-16/h6-9,16H,10H2,1-3H3,(H,15,17). The van der Waals surface area contributed by atoms with E-state index >= 15 is 0 Å². The topological polar surface area (TPSA) is 49.3 Å². The summed E-state index contributed by atoms with van der Waals surface area (Å²) < 4.78 is 0. The second kappa shape index (κ2) is 5.51. The van der Waals surface area contributed by atoms with Crippen LogP contribution in [0.25, 0.3) is 0 Å². The van der Waals surface area contributed by atoms with Crippen molar-refractivity contribution in [3.8, 4) is 11.8 Å². The maximum absolute atomic E-state index is 11.8. The predicted octanol–water partition coefficient (Wildman–Crippen LogP) is 1.56. The van der Waals surface area contributed by atoms with Gasteiger partial charge in [0, 0.05) is 16.7 Å². The molecule has 1 aromatic carbocycles. The zero-order chi connectivity index (χ0) is 12.9. The van der Waals surface area contributed by atoms with Crippen molar-refractivity contribution >= 4 is 5.91 Å². The molecule has 0 radical (unpaired) electrons. The minimum Gasteiger partial charge on any atom is -0.384 e. The molecule has 3 nitrogen and oxygen atoms in total. The van der Waals surface area contributed by atoms with Crippen molar-refractivity contribution in [2.45, 2.75) is 26.3 Å². The van der Waals surface area contributed by atoms with Crippen LogP contribution in [0.1, 0.15) is 36.7 Å². The summed E-state index contributed by atoms with van der Waals surface area (Å²) in [6.45, 7) is 5.65. The first kappa shape index (κ1) is 13.3. The molecule has 0 spiro atoms. The maximum atomic E-state index is 11.8. The van der Waals surface area contributed by atoms with Gasteiger partial charge in [0.25, 0.3) is 5.91 Å². The van der Waals surface area contributed by atoms with E-state index in [0.717, 1.165) is 5.56 Å². The van der Waals surface area contributed by atoms with Gasteiger partial charge in [0.2, 0.25) is 0 Å². The van der Waals surface area contributed by atoms with Crippen LogP contribution in [0.4, 0.5) is 0 Å². The van der Waals surface area contributed by atoms with Gasteiger partial charge in [-0.05, 0) is 45.0 Å². The number of aliphatic hydroxyl groups is 1. The largest absolute Gasteiger partial charge is 0.384 e. The van der Waals surface area contributed by atoms with Crippen LogP contribution in [-0.2, 0) is 0 Å². The highest BCUT2D eigenvalue weighted by molar-refractivity contribution is 5.94. The van der Waals surface area contributed by atoms with Crippen molar-refractivity contribution in [1.29, 1.82) is 0 Å². The highest BCUT2D eigenvalue weighted by atomic mass is 16.2. The number of carbonyl (C=O) groups is 1. The number of hydrogen-bond donors (Lipinski definition) is 2. The second-order valence-corrected chi connectivity index (χ2v) is 4.74. The first-order valence-corrected chi connectivity index (χ1v) is 5.45. The third-order valence-electron chi connectivity index (χ3n) is 1.95. The molecule has 0 bridgehead atoms. The highest BCUT2D eigenvalue weighted by Gasteiger charge is 2.14. The van der Waals surface area contributed by atoms with Crippen LogP contribution in [0.5, 0.6) is 0 Å². The van der Waals surface area contributed by atoms with E-state index in [4.69, 9.17) is 5.11 Å². The van der Waals surface area contributed by atoms with E-state index in [-0.39, 0.29) is 18.1 Å². The SMILES string of the molecule is CC(C)(C)NC(=O)c1ccc(C#CCO)cc1. The van der Waals surface area contributed by atoms with E-state index in [1.165, 1.54) is 0 Å². The Bertz CT molecular complexity index is 444. The molecule has 0 aromatic heterocycles. The lowest BCUT2D eigenvalue weighted by molar-refractivity contribution is 0.0919. The summed E-state index contributed by atoms with van der Waals surface area (Å²) in [5.74, 6) is 5.24. The molecule has 1 rings (SSSR count). The van der Waals surface area contributed by atoms with Crippen LogP contribution in [0.3, 0.4) is 0 Å². The normalized spacial score (nSPS) is 10.4. The van der Waals surface area contributed by atoms with Gasteiger partial charge in [-0.3, -0.25) is 4.79 Å². The molecule has 90 valence electrons. The monoisotopic (exact) mass is 231 g/mol. The number of amides is 1. The van der Waals surface area contributed by atoms with Crippen molar-refractivity contribution in [1.82, 2.24) is 5.32 Å². The molecular formula is C14H17NO2. The maximum Gasteiger partial charge on any atom is 0.251 e. The molecule has 3 heteroatoms. The van der Waals surface area contributed by atoms with Gasteiger partial charge in [-0.1, -0.05) is 11.8 Å². The lowest BCUT2D eigenvalue weighted by atomic mass is 10.1. The minimum absolute atomic E-state index is 0.0980. The van der Waals surface area contributed by atoms with Gasteiger partial charge in [-0.15, -0.1) is 0 Å². The van der Waals surface area contributed by atoms with Crippen molar-refractivity contribution < 1.29 is 9.90 Å². The van der Waals surface area contributed by atoms with E-state index in [1.54, 1.807) is 24.3 Å². The molecule has 1 aromatic rings. The van der Waals surface area contributed by atoms with Gasteiger partial charge in [-0.2, -0.15) is 0 Å². The average molecular weight is 231 g/mol. The summed E-state index contributed by atoms with van der Waals surface area (Å²) in [7, 11) is 0. The smallest absolute Gasteiger partial charge is 0.251 e. The Labute approximate surface area is 102 Å².